The molecule has 0 radical (unpaired) electrons. The molecule has 3 rings (SSSR count). The summed E-state index contributed by atoms with van der Waals surface area (Å²) in [5, 5.41) is 0. The zero-order chi connectivity index (χ0) is 14.3. The zero-order valence-corrected chi connectivity index (χ0v) is 14.1. The lowest BCUT2D eigenvalue weighted by Crippen LogP contribution is -2.34. The highest BCUT2D eigenvalue weighted by Crippen LogP contribution is 2.48. The molecule has 2 heterocycles. The van der Waals surface area contributed by atoms with E-state index in [0.29, 0.717) is 11.3 Å². The number of likely N-dealkylation sites (tertiary alicyclic amines) is 1. The maximum absolute atomic E-state index is 2.57. The van der Waals surface area contributed by atoms with Gasteiger partial charge in [0, 0.05) is 22.1 Å². The summed E-state index contributed by atoms with van der Waals surface area (Å²) >= 11 is 2.06. The van der Waals surface area contributed by atoms with Gasteiger partial charge >= 0.3 is 0 Å². The molecule has 2 heteroatoms. The van der Waals surface area contributed by atoms with Crippen molar-refractivity contribution in [2.24, 2.45) is 0 Å². The quantitative estimate of drug-likeness (QED) is 0.796. The van der Waals surface area contributed by atoms with E-state index in [0.717, 1.165) is 6.04 Å². The first-order valence-electron chi connectivity index (χ1n) is 7.97. The van der Waals surface area contributed by atoms with Crippen LogP contribution >= 0.6 is 11.8 Å². The highest BCUT2D eigenvalue weighted by atomic mass is 32.2. The molecule has 2 aliphatic rings. The van der Waals surface area contributed by atoms with E-state index >= 15 is 0 Å². The van der Waals surface area contributed by atoms with Crippen molar-refractivity contribution in [3.8, 4) is 0 Å². The molecule has 2 atom stereocenters. The largest absolute Gasteiger partial charge is 0.303 e. The first-order valence-corrected chi connectivity index (χ1v) is 8.96. The van der Waals surface area contributed by atoms with Crippen LogP contribution in [0.1, 0.15) is 57.1 Å². The van der Waals surface area contributed by atoms with E-state index < -0.39 is 0 Å². The Morgan fingerprint density at radius 3 is 2.85 bits per heavy atom. The van der Waals surface area contributed by atoms with Crippen LogP contribution in [0.2, 0.25) is 0 Å². The first kappa shape index (κ1) is 14.5. The highest BCUT2D eigenvalue weighted by Gasteiger charge is 2.39. The third-order valence-electron chi connectivity index (χ3n) is 5.22. The Kier molecular flexibility index (Phi) is 3.89. The molecule has 0 N–H and O–H groups in total. The van der Waals surface area contributed by atoms with Crippen LogP contribution in [0.4, 0.5) is 0 Å². The molecule has 0 aliphatic carbocycles. The van der Waals surface area contributed by atoms with Crippen molar-refractivity contribution in [1.82, 2.24) is 4.90 Å². The van der Waals surface area contributed by atoms with Crippen LogP contribution in [-0.2, 0) is 5.41 Å². The summed E-state index contributed by atoms with van der Waals surface area (Å²) in [5.41, 5.74) is 3.49. The third kappa shape index (κ3) is 2.53. The third-order valence-corrected chi connectivity index (χ3v) is 6.67. The monoisotopic (exact) mass is 289 g/mol. The maximum Gasteiger partial charge on any atom is 0.0110 e. The van der Waals surface area contributed by atoms with Crippen LogP contribution < -0.4 is 0 Å². The van der Waals surface area contributed by atoms with Gasteiger partial charge in [0.05, 0.1) is 0 Å². The second kappa shape index (κ2) is 5.38. The van der Waals surface area contributed by atoms with Gasteiger partial charge in [-0.25, -0.2) is 0 Å². The molecule has 0 spiro atoms. The van der Waals surface area contributed by atoms with Crippen LogP contribution in [-0.4, -0.2) is 30.3 Å². The van der Waals surface area contributed by atoms with E-state index in [1.54, 1.807) is 5.56 Å². The van der Waals surface area contributed by atoms with Crippen molar-refractivity contribution in [2.45, 2.75) is 62.3 Å². The van der Waals surface area contributed by atoms with Gasteiger partial charge in [0.1, 0.15) is 0 Å². The fourth-order valence-corrected chi connectivity index (χ4v) is 5.12. The predicted octanol–water partition coefficient (Wildman–Crippen LogP) is 4.66. The molecule has 1 aromatic rings. The molecule has 0 saturated carbocycles. The van der Waals surface area contributed by atoms with E-state index in [9.17, 15) is 0 Å². The van der Waals surface area contributed by atoms with Crippen LogP contribution in [0.25, 0.3) is 0 Å². The van der Waals surface area contributed by atoms with Crippen LogP contribution in [0.3, 0.4) is 0 Å². The number of nitrogens with zero attached hydrogens (tertiary/aromatic N) is 1. The molecule has 0 amide bonds. The Hall–Kier alpha value is -0.470. The van der Waals surface area contributed by atoms with Crippen LogP contribution in [0.15, 0.2) is 23.1 Å². The molecule has 20 heavy (non-hydrogen) atoms. The summed E-state index contributed by atoms with van der Waals surface area (Å²) in [6, 6.07) is 7.96. The minimum atomic E-state index is 0.369. The van der Waals surface area contributed by atoms with Gasteiger partial charge in [0.2, 0.25) is 0 Å². The predicted molar refractivity (Wildman–Crippen MR) is 88.9 cm³/mol. The number of hydrogen-bond acceptors (Lipinski definition) is 2. The van der Waals surface area contributed by atoms with E-state index in [1.807, 2.05) is 0 Å². The van der Waals surface area contributed by atoms with E-state index in [-0.39, 0.29) is 0 Å². The fourth-order valence-electron chi connectivity index (χ4n) is 3.75. The minimum absolute atomic E-state index is 0.369. The zero-order valence-electron chi connectivity index (χ0n) is 13.3. The Balaban J connectivity index is 1.88. The van der Waals surface area contributed by atoms with Crippen molar-refractivity contribution in [2.75, 3.05) is 19.3 Å². The number of thioether (sulfide) groups is 1. The topological polar surface area (TPSA) is 3.24 Å². The van der Waals surface area contributed by atoms with Gasteiger partial charge in [-0.05, 0) is 56.0 Å². The SMILES string of the molecule is CC(C)c1ccc2c(c1)[C@](C)(C[C@H]1CCCN1C)CS2. The standard InChI is InChI=1S/C18H27NS/c1-13(2)14-7-8-17-16(10-14)18(3,12-20-17)11-15-6-5-9-19(15)4/h7-8,10,13,15H,5-6,9,11-12H2,1-4H3/t15-,18-/m1/s1. The first-order chi connectivity index (χ1) is 9.49. The summed E-state index contributed by atoms with van der Waals surface area (Å²) < 4.78 is 0. The van der Waals surface area contributed by atoms with Gasteiger partial charge in [0.15, 0.2) is 0 Å². The molecule has 1 nitrogen and oxygen atoms in total. The Bertz CT molecular complexity index is 496. The molecule has 0 bridgehead atoms. The molecule has 2 aliphatic heterocycles. The van der Waals surface area contributed by atoms with E-state index in [1.165, 1.54) is 42.0 Å². The summed E-state index contributed by atoms with van der Waals surface area (Å²) in [4.78, 5) is 4.10. The molecule has 1 fully saturated rings. The normalized spacial score (nSPS) is 30.1. The average molecular weight is 289 g/mol. The van der Waals surface area contributed by atoms with Gasteiger partial charge in [-0.1, -0.05) is 32.9 Å². The molecule has 1 aromatic carbocycles. The molecular weight excluding hydrogens is 262 g/mol. The maximum atomic E-state index is 2.57. The van der Waals surface area contributed by atoms with E-state index in [4.69, 9.17) is 0 Å². The van der Waals surface area contributed by atoms with Crippen LogP contribution in [0.5, 0.6) is 0 Å². The fraction of sp³-hybridized carbons (Fsp3) is 0.667. The molecule has 0 aromatic heterocycles. The smallest absolute Gasteiger partial charge is 0.0110 e. The van der Waals surface area contributed by atoms with Gasteiger partial charge in [-0.2, -0.15) is 0 Å². The van der Waals surface area contributed by atoms with Gasteiger partial charge in [0.25, 0.3) is 0 Å². The molecular formula is C18H27NS. The Morgan fingerprint density at radius 1 is 1.40 bits per heavy atom. The lowest BCUT2D eigenvalue weighted by atomic mass is 9.77. The lowest BCUT2D eigenvalue weighted by Gasteiger charge is -2.31. The van der Waals surface area contributed by atoms with Gasteiger partial charge < -0.3 is 4.90 Å². The van der Waals surface area contributed by atoms with Crippen molar-refractivity contribution < 1.29 is 0 Å². The number of benzene rings is 1. The van der Waals surface area contributed by atoms with Crippen LogP contribution in [0, 0.1) is 0 Å². The highest BCUT2D eigenvalue weighted by molar-refractivity contribution is 7.99. The second-order valence-corrected chi connectivity index (χ2v) is 8.26. The number of rotatable bonds is 3. The van der Waals surface area contributed by atoms with Crippen molar-refractivity contribution >= 4 is 11.8 Å². The molecule has 110 valence electrons. The molecule has 0 unspecified atom stereocenters. The van der Waals surface area contributed by atoms with Crippen molar-refractivity contribution in [3.63, 3.8) is 0 Å². The number of hydrogen-bond donors (Lipinski definition) is 0. The second-order valence-electron chi connectivity index (χ2n) is 7.24. The molecule has 1 saturated heterocycles. The minimum Gasteiger partial charge on any atom is -0.303 e. The van der Waals surface area contributed by atoms with Gasteiger partial charge in [-0.15, -0.1) is 11.8 Å². The van der Waals surface area contributed by atoms with Crippen molar-refractivity contribution in [3.05, 3.63) is 29.3 Å². The summed E-state index contributed by atoms with van der Waals surface area (Å²) in [6.45, 7) is 8.37. The summed E-state index contributed by atoms with van der Waals surface area (Å²) in [7, 11) is 2.30. The Morgan fingerprint density at radius 2 is 2.20 bits per heavy atom. The average Bonchev–Trinajstić information content (AvgIpc) is 2.95. The summed E-state index contributed by atoms with van der Waals surface area (Å²) in [6.07, 6.45) is 4.09. The van der Waals surface area contributed by atoms with E-state index in [2.05, 4.69) is 62.7 Å². The summed E-state index contributed by atoms with van der Waals surface area (Å²) in [5.74, 6) is 1.89. The van der Waals surface area contributed by atoms with Gasteiger partial charge in [-0.3, -0.25) is 0 Å². The number of fused-ring (bicyclic) bond motifs is 1. The van der Waals surface area contributed by atoms with Crippen molar-refractivity contribution in [1.29, 1.82) is 0 Å². The lowest BCUT2D eigenvalue weighted by molar-refractivity contribution is 0.257. The Labute approximate surface area is 128 Å².